The molecular formula is C14H8FN3. The Kier molecular flexibility index (Phi) is 2.31. The molecule has 2 heterocycles. The second-order valence-corrected chi connectivity index (χ2v) is 3.76. The number of hydrogen-bond acceptors (Lipinski definition) is 2. The summed E-state index contributed by atoms with van der Waals surface area (Å²) in [5.41, 5.74) is 1.64. The monoisotopic (exact) mass is 237 g/mol. The second-order valence-electron chi connectivity index (χ2n) is 3.76. The summed E-state index contributed by atoms with van der Waals surface area (Å²) in [4.78, 5) is 0. The first-order valence-corrected chi connectivity index (χ1v) is 5.37. The molecule has 0 spiro atoms. The van der Waals surface area contributed by atoms with Gasteiger partial charge in [0.2, 0.25) is 5.82 Å². The van der Waals surface area contributed by atoms with Crippen LogP contribution in [-0.2, 0) is 0 Å². The molecule has 0 N–H and O–H groups in total. The quantitative estimate of drug-likeness (QED) is 0.609. The summed E-state index contributed by atoms with van der Waals surface area (Å²) in [5.74, 6) is 2.35. The molecule has 2 aromatic heterocycles. The summed E-state index contributed by atoms with van der Waals surface area (Å²) in [5, 5.41) is 7.77. The fourth-order valence-electron chi connectivity index (χ4n) is 1.91. The number of nitrogens with zero attached hydrogens (tertiary/aromatic N) is 3. The minimum atomic E-state index is -0.356. The maximum absolute atomic E-state index is 14.1. The number of benzene rings is 1. The van der Waals surface area contributed by atoms with Crippen LogP contribution in [-0.4, -0.2) is 14.6 Å². The highest BCUT2D eigenvalue weighted by atomic mass is 19.1. The normalized spacial score (nSPS) is 10.4. The van der Waals surface area contributed by atoms with Crippen molar-refractivity contribution >= 4 is 5.65 Å². The summed E-state index contributed by atoms with van der Waals surface area (Å²) in [6, 6.07) is 12.1. The zero-order chi connectivity index (χ0) is 12.5. The van der Waals surface area contributed by atoms with Gasteiger partial charge in [-0.1, -0.05) is 30.3 Å². The third-order valence-corrected chi connectivity index (χ3v) is 2.69. The van der Waals surface area contributed by atoms with E-state index in [0.29, 0.717) is 17.2 Å². The summed E-state index contributed by atoms with van der Waals surface area (Å²) >= 11 is 0. The Morgan fingerprint density at radius 2 is 1.83 bits per heavy atom. The molecule has 0 aliphatic carbocycles. The Hall–Kier alpha value is -2.67. The van der Waals surface area contributed by atoms with E-state index in [2.05, 4.69) is 16.1 Å². The standard InChI is InChI=1S/C14H8FN3/c1-2-12-16-17-13-9-8-11(15)14(18(12)13)10-6-4-3-5-7-10/h1,3-9H. The highest BCUT2D eigenvalue weighted by Crippen LogP contribution is 2.24. The molecule has 0 aliphatic rings. The first-order valence-electron chi connectivity index (χ1n) is 5.37. The maximum Gasteiger partial charge on any atom is 0.212 e. The molecule has 0 aliphatic heterocycles. The average molecular weight is 237 g/mol. The number of aromatic nitrogens is 3. The Labute approximate surface area is 103 Å². The van der Waals surface area contributed by atoms with E-state index in [0.717, 1.165) is 5.56 Å². The third kappa shape index (κ3) is 1.45. The van der Waals surface area contributed by atoms with Crippen LogP contribution in [0.1, 0.15) is 5.82 Å². The van der Waals surface area contributed by atoms with Crippen molar-refractivity contribution in [2.45, 2.75) is 0 Å². The van der Waals surface area contributed by atoms with E-state index in [1.807, 2.05) is 30.3 Å². The number of halogens is 1. The van der Waals surface area contributed by atoms with Gasteiger partial charge in [-0.3, -0.25) is 4.40 Å². The predicted molar refractivity (Wildman–Crippen MR) is 66.3 cm³/mol. The molecule has 86 valence electrons. The van der Waals surface area contributed by atoms with Crippen molar-refractivity contribution in [3.63, 3.8) is 0 Å². The number of terminal acetylenes is 1. The molecule has 0 saturated carbocycles. The molecule has 3 nitrogen and oxygen atoms in total. The van der Waals surface area contributed by atoms with Gasteiger partial charge in [-0.25, -0.2) is 4.39 Å². The molecule has 0 bridgehead atoms. The minimum absolute atomic E-state index is 0.295. The molecule has 0 radical (unpaired) electrons. The van der Waals surface area contributed by atoms with Gasteiger partial charge < -0.3 is 0 Å². The van der Waals surface area contributed by atoms with E-state index in [4.69, 9.17) is 6.42 Å². The van der Waals surface area contributed by atoms with Crippen molar-refractivity contribution in [2.24, 2.45) is 0 Å². The second kappa shape index (κ2) is 3.97. The molecule has 3 aromatic rings. The highest BCUT2D eigenvalue weighted by Gasteiger charge is 2.13. The van der Waals surface area contributed by atoms with Crippen LogP contribution < -0.4 is 0 Å². The van der Waals surface area contributed by atoms with Gasteiger partial charge in [0.25, 0.3) is 0 Å². The van der Waals surface area contributed by atoms with Gasteiger partial charge in [-0.2, -0.15) is 0 Å². The van der Waals surface area contributed by atoms with Crippen molar-refractivity contribution in [3.05, 3.63) is 54.1 Å². The number of rotatable bonds is 1. The molecule has 1 aromatic carbocycles. The Balaban J connectivity index is 2.44. The topological polar surface area (TPSA) is 30.2 Å². The van der Waals surface area contributed by atoms with Gasteiger partial charge in [-0.05, 0) is 18.1 Å². The largest absolute Gasteiger partial charge is 0.265 e. The Morgan fingerprint density at radius 1 is 1.06 bits per heavy atom. The van der Waals surface area contributed by atoms with E-state index >= 15 is 0 Å². The summed E-state index contributed by atoms with van der Waals surface area (Å²) in [7, 11) is 0. The molecule has 18 heavy (non-hydrogen) atoms. The van der Waals surface area contributed by atoms with Crippen LogP contribution in [0.15, 0.2) is 42.5 Å². The number of fused-ring (bicyclic) bond motifs is 1. The lowest BCUT2D eigenvalue weighted by Gasteiger charge is -2.07. The smallest absolute Gasteiger partial charge is 0.212 e. The van der Waals surface area contributed by atoms with Gasteiger partial charge >= 0.3 is 0 Å². The van der Waals surface area contributed by atoms with Gasteiger partial charge in [0, 0.05) is 5.56 Å². The maximum atomic E-state index is 14.1. The van der Waals surface area contributed by atoms with Crippen molar-refractivity contribution in [1.29, 1.82) is 0 Å². The first kappa shape index (κ1) is 10.5. The van der Waals surface area contributed by atoms with Crippen LogP contribution in [0.2, 0.25) is 0 Å². The van der Waals surface area contributed by atoms with Gasteiger partial charge in [0.1, 0.15) is 5.82 Å². The van der Waals surface area contributed by atoms with Crippen molar-refractivity contribution < 1.29 is 4.39 Å². The van der Waals surface area contributed by atoms with E-state index in [1.165, 1.54) is 6.07 Å². The predicted octanol–water partition coefficient (Wildman–Crippen LogP) is 2.52. The van der Waals surface area contributed by atoms with Crippen LogP contribution in [0, 0.1) is 18.2 Å². The lowest BCUT2D eigenvalue weighted by Crippen LogP contribution is -1.98. The average Bonchev–Trinajstić information content (AvgIpc) is 2.82. The number of hydrogen-bond donors (Lipinski definition) is 0. The SMILES string of the molecule is C#Cc1nnc2ccc(F)c(-c3ccccc3)n12. The van der Waals surface area contributed by atoms with Crippen molar-refractivity contribution in [3.8, 4) is 23.6 Å². The fourth-order valence-corrected chi connectivity index (χ4v) is 1.91. The molecule has 0 amide bonds. The zero-order valence-electron chi connectivity index (χ0n) is 9.34. The Bertz CT molecular complexity index is 754. The van der Waals surface area contributed by atoms with Crippen LogP contribution in [0.5, 0.6) is 0 Å². The summed E-state index contributed by atoms with van der Waals surface area (Å²) < 4.78 is 15.6. The molecule has 3 rings (SSSR count). The molecule has 0 fully saturated rings. The molecule has 0 saturated heterocycles. The fraction of sp³-hybridized carbons (Fsp3) is 0. The third-order valence-electron chi connectivity index (χ3n) is 2.69. The number of pyridine rings is 1. The van der Waals surface area contributed by atoms with Crippen molar-refractivity contribution in [2.75, 3.05) is 0 Å². The van der Waals surface area contributed by atoms with Crippen molar-refractivity contribution in [1.82, 2.24) is 14.6 Å². The van der Waals surface area contributed by atoms with Gasteiger partial charge in [0.15, 0.2) is 5.65 Å². The zero-order valence-corrected chi connectivity index (χ0v) is 9.34. The summed E-state index contributed by atoms with van der Waals surface area (Å²) in [6.07, 6.45) is 5.36. The first-order chi connectivity index (χ1) is 8.81. The van der Waals surface area contributed by atoms with Crippen LogP contribution in [0.25, 0.3) is 16.9 Å². The molecule has 0 atom stereocenters. The molecular weight excluding hydrogens is 229 g/mol. The lowest BCUT2D eigenvalue weighted by atomic mass is 10.1. The van der Waals surface area contributed by atoms with Crippen LogP contribution in [0.3, 0.4) is 0 Å². The Morgan fingerprint density at radius 3 is 2.56 bits per heavy atom. The van der Waals surface area contributed by atoms with E-state index in [-0.39, 0.29) is 5.82 Å². The van der Waals surface area contributed by atoms with E-state index in [9.17, 15) is 4.39 Å². The molecule has 0 unspecified atom stereocenters. The van der Waals surface area contributed by atoms with E-state index in [1.54, 1.807) is 10.5 Å². The lowest BCUT2D eigenvalue weighted by molar-refractivity contribution is 0.623. The van der Waals surface area contributed by atoms with E-state index < -0.39 is 0 Å². The minimum Gasteiger partial charge on any atom is -0.265 e. The highest BCUT2D eigenvalue weighted by molar-refractivity contribution is 5.65. The van der Waals surface area contributed by atoms with Crippen LogP contribution >= 0.6 is 0 Å². The van der Waals surface area contributed by atoms with Gasteiger partial charge in [-0.15, -0.1) is 16.6 Å². The summed E-state index contributed by atoms with van der Waals surface area (Å²) in [6.45, 7) is 0. The van der Waals surface area contributed by atoms with Crippen LogP contribution in [0.4, 0.5) is 4.39 Å². The molecule has 4 heteroatoms. The van der Waals surface area contributed by atoms with Gasteiger partial charge in [0.05, 0.1) is 5.69 Å².